The number of aromatic nitrogens is 3. The van der Waals surface area contributed by atoms with Gasteiger partial charge in [-0.15, -0.1) is 0 Å². The maximum atomic E-state index is 12.0. The van der Waals surface area contributed by atoms with Gasteiger partial charge in [0, 0.05) is 12.4 Å². The molecule has 0 aliphatic heterocycles. The van der Waals surface area contributed by atoms with E-state index >= 15 is 0 Å². The summed E-state index contributed by atoms with van der Waals surface area (Å²) in [6, 6.07) is 10.2. The number of hydrogen-bond donors (Lipinski definition) is 2. The highest BCUT2D eigenvalue weighted by atomic mass is 16.2. The van der Waals surface area contributed by atoms with Crippen molar-refractivity contribution in [2.45, 2.75) is 6.54 Å². The minimum absolute atomic E-state index is 0.241. The Labute approximate surface area is 136 Å². The number of amides is 2. The Hall–Kier alpha value is -3.55. The summed E-state index contributed by atoms with van der Waals surface area (Å²) in [7, 11) is 0. The van der Waals surface area contributed by atoms with Gasteiger partial charge in [0.05, 0.1) is 22.8 Å². The maximum Gasteiger partial charge on any atom is 0.271 e. The summed E-state index contributed by atoms with van der Waals surface area (Å²) in [6.07, 6.45) is 4.07. The predicted octanol–water partition coefficient (Wildman–Crippen LogP) is 0.253. The van der Waals surface area contributed by atoms with Crippen molar-refractivity contribution in [2.75, 3.05) is 0 Å². The quantitative estimate of drug-likeness (QED) is 0.672. The predicted molar refractivity (Wildman–Crippen MR) is 85.8 cm³/mol. The smallest absolute Gasteiger partial charge is 0.271 e. The van der Waals surface area contributed by atoms with Gasteiger partial charge in [-0.3, -0.25) is 34.8 Å². The number of nitrogens with one attached hydrogen (secondary N) is 2. The minimum atomic E-state index is -0.536. The summed E-state index contributed by atoms with van der Waals surface area (Å²) in [6.45, 7) is -0.241. The van der Waals surface area contributed by atoms with E-state index in [1.165, 1.54) is 17.0 Å². The molecule has 0 aliphatic rings. The molecule has 0 bridgehead atoms. The second-order valence-electron chi connectivity index (χ2n) is 4.92. The van der Waals surface area contributed by atoms with Crippen LogP contribution in [0.4, 0.5) is 0 Å². The van der Waals surface area contributed by atoms with Crippen molar-refractivity contribution in [2.24, 2.45) is 0 Å². The van der Waals surface area contributed by atoms with Crippen LogP contribution in [0.2, 0.25) is 0 Å². The fourth-order valence-corrected chi connectivity index (χ4v) is 2.16. The van der Waals surface area contributed by atoms with Crippen molar-refractivity contribution in [3.05, 3.63) is 70.9 Å². The fraction of sp³-hybridized carbons (Fsp3) is 0.0625. The van der Waals surface area contributed by atoms with Gasteiger partial charge in [-0.2, -0.15) is 0 Å². The zero-order valence-corrected chi connectivity index (χ0v) is 12.5. The van der Waals surface area contributed by atoms with Crippen LogP contribution in [0, 0.1) is 0 Å². The number of para-hydroxylation sites is 2. The molecule has 3 aromatic rings. The van der Waals surface area contributed by atoms with E-state index in [1.807, 2.05) is 0 Å². The zero-order chi connectivity index (χ0) is 16.9. The number of nitrogens with zero attached hydrogens (tertiary/aromatic N) is 3. The summed E-state index contributed by atoms with van der Waals surface area (Å²) in [5, 5.41) is 0. The Kier molecular flexibility index (Phi) is 4.28. The van der Waals surface area contributed by atoms with Crippen molar-refractivity contribution in [1.82, 2.24) is 25.4 Å². The van der Waals surface area contributed by atoms with Gasteiger partial charge < -0.3 is 0 Å². The number of pyridine rings is 1. The van der Waals surface area contributed by atoms with Crippen molar-refractivity contribution in [3.63, 3.8) is 0 Å². The average Bonchev–Trinajstić information content (AvgIpc) is 2.63. The number of fused-ring (bicyclic) bond motifs is 1. The molecule has 2 heterocycles. The topological polar surface area (TPSA) is 106 Å². The Bertz CT molecular complexity index is 953. The molecule has 2 amide bonds. The number of carbonyl (C=O) groups is 2. The van der Waals surface area contributed by atoms with Gasteiger partial charge in [0.2, 0.25) is 0 Å². The lowest BCUT2D eigenvalue weighted by Gasteiger charge is -2.10. The van der Waals surface area contributed by atoms with Crippen LogP contribution < -0.4 is 16.4 Å². The number of benzene rings is 1. The lowest BCUT2D eigenvalue weighted by atomic mass is 10.3. The molecule has 8 nitrogen and oxygen atoms in total. The van der Waals surface area contributed by atoms with E-state index in [2.05, 4.69) is 20.8 Å². The second-order valence-corrected chi connectivity index (χ2v) is 4.92. The van der Waals surface area contributed by atoms with Crippen LogP contribution >= 0.6 is 0 Å². The molecule has 2 aromatic heterocycles. The number of carbonyl (C=O) groups excluding carboxylic acids is 2. The van der Waals surface area contributed by atoms with Crippen molar-refractivity contribution < 1.29 is 9.59 Å². The SMILES string of the molecule is O=C(Cn1c(=O)cnc2ccccc21)NNC(=O)c1cccnc1. The molecule has 1 aromatic carbocycles. The van der Waals surface area contributed by atoms with Crippen LogP contribution in [0.3, 0.4) is 0 Å². The Morgan fingerprint density at radius 3 is 2.67 bits per heavy atom. The summed E-state index contributed by atoms with van der Waals surface area (Å²) in [4.78, 5) is 43.7. The highest BCUT2D eigenvalue weighted by Crippen LogP contribution is 2.07. The van der Waals surface area contributed by atoms with E-state index in [-0.39, 0.29) is 6.54 Å². The summed E-state index contributed by atoms with van der Waals surface area (Å²) in [5.41, 5.74) is 5.60. The first-order chi connectivity index (χ1) is 11.6. The van der Waals surface area contributed by atoms with Gasteiger partial charge in [0.1, 0.15) is 6.54 Å². The van der Waals surface area contributed by atoms with Crippen LogP contribution in [-0.4, -0.2) is 26.3 Å². The molecule has 120 valence electrons. The van der Waals surface area contributed by atoms with Gasteiger partial charge in [-0.25, -0.2) is 4.98 Å². The molecule has 0 aliphatic carbocycles. The first-order valence-corrected chi connectivity index (χ1v) is 7.09. The molecule has 2 N–H and O–H groups in total. The van der Waals surface area contributed by atoms with Gasteiger partial charge >= 0.3 is 0 Å². The number of hydrogen-bond acceptors (Lipinski definition) is 5. The van der Waals surface area contributed by atoms with E-state index in [0.717, 1.165) is 6.20 Å². The lowest BCUT2D eigenvalue weighted by molar-refractivity contribution is -0.122. The van der Waals surface area contributed by atoms with Crippen LogP contribution in [0.5, 0.6) is 0 Å². The molecular formula is C16H13N5O3. The number of hydrazine groups is 1. The van der Waals surface area contributed by atoms with Crippen LogP contribution in [0.15, 0.2) is 59.8 Å². The zero-order valence-electron chi connectivity index (χ0n) is 12.5. The van der Waals surface area contributed by atoms with Crippen molar-refractivity contribution in [3.8, 4) is 0 Å². The normalized spacial score (nSPS) is 10.3. The molecule has 24 heavy (non-hydrogen) atoms. The fourth-order valence-electron chi connectivity index (χ4n) is 2.16. The van der Waals surface area contributed by atoms with Crippen molar-refractivity contribution >= 4 is 22.8 Å². The van der Waals surface area contributed by atoms with Crippen LogP contribution in [0.1, 0.15) is 10.4 Å². The summed E-state index contributed by atoms with van der Waals surface area (Å²) < 4.78 is 1.29. The monoisotopic (exact) mass is 323 g/mol. The first kappa shape index (κ1) is 15.3. The Morgan fingerprint density at radius 2 is 1.88 bits per heavy atom. The molecule has 0 fully saturated rings. The van der Waals surface area contributed by atoms with E-state index < -0.39 is 17.4 Å². The molecule has 0 unspecified atom stereocenters. The molecular weight excluding hydrogens is 310 g/mol. The highest BCUT2D eigenvalue weighted by molar-refractivity contribution is 5.95. The van der Waals surface area contributed by atoms with Gasteiger partial charge in [0.15, 0.2) is 0 Å². The van der Waals surface area contributed by atoms with Crippen LogP contribution in [0.25, 0.3) is 11.0 Å². The molecule has 0 saturated heterocycles. The Morgan fingerprint density at radius 1 is 1.04 bits per heavy atom. The molecule has 0 saturated carbocycles. The molecule has 0 spiro atoms. The standard InChI is InChI=1S/C16H13N5O3/c22-14(19-20-16(24)11-4-3-7-17-8-11)10-21-13-6-2-1-5-12(13)18-9-15(21)23/h1-9H,10H2,(H,19,22)(H,20,24). The third-order valence-corrected chi connectivity index (χ3v) is 3.29. The largest absolute Gasteiger partial charge is 0.296 e. The van der Waals surface area contributed by atoms with Crippen LogP contribution in [-0.2, 0) is 11.3 Å². The van der Waals surface area contributed by atoms with Crippen molar-refractivity contribution in [1.29, 1.82) is 0 Å². The van der Waals surface area contributed by atoms with E-state index in [9.17, 15) is 14.4 Å². The molecule has 8 heteroatoms. The first-order valence-electron chi connectivity index (χ1n) is 7.09. The summed E-state index contributed by atoms with van der Waals surface area (Å²) in [5.74, 6) is -1.03. The van der Waals surface area contributed by atoms with E-state index in [4.69, 9.17) is 0 Å². The third-order valence-electron chi connectivity index (χ3n) is 3.29. The lowest BCUT2D eigenvalue weighted by Crippen LogP contribution is -2.44. The van der Waals surface area contributed by atoms with Gasteiger partial charge in [0.25, 0.3) is 17.4 Å². The Balaban J connectivity index is 1.71. The highest BCUT2D eigenvalue weighted by Gasteiger charge is 2.10. The molecule has 0 radical (unpaired) electrons. The summed E-state index contributed by atoms with van der Waals surface area (Å²) >= 11 is 0. The van der Waals surface area contributed by atoms with E-state index in [1.54, 1.807) is 36.4 Å². The molecule has 3 rings (SSSR count). The molecule has 0 atom stereocenters. The van der Waals surface area contributed by atoms with Gasteiger partial charge in [-0.1, -0.05) is 12.1 Å². The van der Waals surface area contributed by atoms with E-state index in [0.29, 0.717) is 16.6 Å². The second kappa shape index (κ2) is 6.69. The maximum absolute atomic E-state index is 12.0. The van der Waals surface area contributed by atoms with Gasteiger partial charge in [-0.05, 0) is 24.3 Å². The average molecular weight is 323 g/mol. The number of rotatable bonds is 3. The minimum Gasteiger partial charge on any atom is -0.296 e. The third kappa shape index (κ3) is 3.27.